The fourth-order valence-electron chi connectivity index (χ4n) is 2.52. The standard InChI is InChI=1S/C20H22N4O2/c25-17-5-1-15(2-6-17)9-12-21-19-11-14-23-20(24-19)22-13-10-16-3-7-18(26)8-4-16/h1-8,11,14,25-26H,9-10,12-13H2,(H2,21,22,23,24). The molecule has 0 aliphatic rings. The van der Waals surface area contributed by atoms with Crippen LogP contribution in [0.4, 0.5) is 11.8 Å². The van der Waals surface area contributed by atoms with Crippen LogP contribution in [0.3, 0.4) is 0 Å². The lowest BCUT2D eigenvalue weighted by molar-refractivity contribution is 0.474. The smallest absolute Gasteiger partial charge is 0.224 e. The van der Waals surface area contributed by atoms with Gasteiger partial charge < -0.3 is 20.8 Å². The summed E-state index contributed by atoms with van der Waals surface area (Å²) in [5, 5.41) is 25.1. The van der Waals surface area contributed by atoms with Gasteiger partial charge in [-0.05, 0) is 54.3 Å². The maximum Gasteiger partial charge on any atom is 0.224 e. The van der Waals surface area contributed by atoms with E-state index in [4.69, 9.17) is 0 Å². The van der Waals surface area contributed by atoms with Gasteiger partial charge in [-0.2, -0.15) is 4.98 Å². The Balaban J connectivity index is 1.45. The number of aromatic hydroxyl groups is 2. The Kier molecular flexibility index (Phi) is 5.88. The fourth-order valence-corrected chi connectivity index (χ4v) is 2.52. The van der Waals surface area contributed by atoms with Crippen LogP contribution in [0, 0.1) is 0 Å². The third kappa shape index (κ3) is 5.37. The molecule has 4 N–H and O–H groups in total. The largest absolute Gasteiger partial charge is 0.508 e. The number of nitrogens with zero attached hydrogens (tertiary/aromatic N) is 2. The molecule has 3 rings (SSSR count). The van der Waals surface area contributed by atoms with Crippen molar-refractivity contribution in [2.75, 3.05) is 23.7 Å². The van der Waals surface area contributed by atoms with Gasteiger partial charge in [-0.25, -0.2) is 4.98 Å². The molecule has 0 amide bonds. The van der Waals surface area contributed by atoms with Crippen molar-refractivity contribution in [3.63, 3.8) is 0 Å². The fraction of sp³-hybridized carbons (Fsp3) is 0.200. The molecule has 1 heterocycles. The van der Waals surface area contributed by atoms with Crippen molar-refractivity contribution >= 4 is 11.8 Å². The van der Waals surface area contributed by atoms with Crippen LogP contribution in [0.2, 0.25) is 0 Å². The van der Waals surface area contributed by atoms with Crippen LogP contribution in [-0.4, -0.2) is 33.3 Å². The number of aromatic nitrogens is 2. The number of hydrogen-bond donors (Lipinski definition) is 4. The lowest BCUT2D eigenvalue weighted by Gasteiger charge is -2.09. The molecule has 3 aromatic rings. The van der Waals surface area contributed by atoms with E-state index in [2.05, 4.69) is 20.6 Å². The quantitative estimate of drug-likeness (QED) is 0.499. The Morgan fingerprint density at radius 1 is 0.692 bits per heavy atom. The Morgan fingerprint density at radius 2 is 1.23 bits per heavy atom. The average molecular weight is 350 g/mol. The molecule has 0 aliphatic heterocycles. The molecule has 0 unspecified atom stereocenters. The highest BCUT2D eigenvalue weighted by molar-refractivity contribution is 5.40. The topological polar surface area (TPSA) is 90.3 Å². The zero-order valence-electron chi connectivity index (χ0n) is 14.4. The van der Waals surface area contributed by atoms with Crippen molar-refractivity contribution in [3.05, 3.63) is 71.9 Å². The van der Waals surface area contributed by atoms with Crippen molar-refractivity contribution < 1.29 is 10.2 Å². The summed E-state index contributed by atoms with van der Waals surface area (Å²) < 4.78 is 0. The first-order chi connectivity index (χ1) is 12.7. The summed E-state index contributed by atoms with van der Waals surface area (Å²) in [5.74, 6) is 1.90. The molecule has 0 spiro atoms. The number of rotatable bonds is 8. The van der Waals surface area contributed by atoms with Crippen molar-refractivity contribution in [3.8, 4) is 11.5 Å². The average Bonchev–Trinajstić information content (AvgIpc) is 2.65. The van der Waals surface area contributed by atoms with E-state index in [0.29, 0.717) is 12.5 Å². The first kappa shape index (κ1) is 17.5. The van der Waals surface area contributed by atoms with Gasteiger partial charge >= 0.3 is 0 Å². The van der Waals surface area contributed by atoms with E-state index in [1.54, 1.807) is 30.5 Å². The number of benzene rings is 2. The highest BCUT2D eigenvalue weighted by Gasteiger charge is 2.00. The third-order valence-electron chi connectivity index (χ3n) is 3.94. The van der Waals surface area contributed by atoms with Gasteiger partial charge in [-0.3, -0.25) is 0 Å². The molecule has 0 radical (unpaired) electrons. The first-order valence-electron chi connectivity index (χ1n) is 8.56. The Hall–Kier alpha value is -3.28. The molecule has 0 fully saturated rings. The summed E-state index contributed by atoms with van der Waals surface area (Å²) in [5.41, 5.74) is 2.29. The van der Waals surface area contributed by atoms with Gasteiger partial charge in [0.2, 0.25) is 5.95 Å². The molecule has 6 heteroatoms. The Labute approximate surface area is 152 Å². The van der Waals surface area contributed by atoms with Crippen LogP contribution in [0.5, 0.6) is 11.5 Å². The number of phenolic OH excluding ortho intramolecular Hbond substituents is 2. The van der Waals surface area contributed by atoms with E-state index in [1.165, 1.54) is 0 Å². The molecule has 26 heavy (non-hydrogen) atoms. The molecule has 1 aromatic heterocycles. The second-order valence-corrected chi connectivity index (χ2v) is 5.95. The Morgan fingerprint density at radius 3 is 1.81 bits per heavy atom. The molecular formula is C20H22N4O2. The molecule has 0 atom stereocenters. The SMILES string of the molecule is Oc1ccc(CCNc2ccnc(NCCc3ccc(O)cc3)n2)cc1. The van der Waals surface area contributed by atoms with Crippen molar-refractivity contribution in [1.82, 2.24) is 9.97 Å². The van der Waals surface area contributed by atoms with E-state index in [1.807, 2.05) is 30.3 Å². The lowest BCUT2D eigenvalue weighted by atomic mass is 10.1. The van der Waals surface area contributed by atoms with E-state index < -0.39 is 0 Å². The maximum atomic E-state index is 9.30. The summed E-state index contributed by atoms with van der Waals surface area (Å²) in [6, 6.07) is 16.2. The van der Waals surface area contributed by atoms with Gasteiger partial charge in [0.15, 0.2) is 0 Å². The van der Waals surface area contributed by atoms with Gasteiger partial charge in [0.1, 0.15) is 17.3 Å². The van der Waals surface area contributed by atoms with Crippen LogP contribution in [0.15, 0.2) is 60.8 Å². The predicted octanol–water partition coefficient (Wildman–Crippen LogP) is 3.20. The first-order valence-corrected chi connectivity index (χ1v) is 8.56. The minimum atomic E-state index is 0.274. The molecule has 0 bridgehead atoms. The minimum absolute atomic E-state index is 0.274. The summed E-state index contributed by atoms with van der Waals surface area (Å²) >= 11 is 0. The minimum Gasteiger partial charge on any atom is -0.508 e. The summed E-state index contributed by atoms with van der Waals surface area (Å²) in [7, 11) is 0. The molecule has 0 aliphatic carbocycles. The highest BCUT2D eigenvalue weighted by atomic mass is 16.3. The van der Waals surface area contributed by atoms with Crippen molar-refractivity contribution in [2.45, 2.75) is 12.8 Å². The van der Waals surface area contributed by atoms with Crippen LogP contribution in [-0.2, 0) is 12.8 Å². The lowest BCUT2D eigenvalue weighted by Crippen LogP contribution is -2.10. The number of hydrogen-bond acceptors (Lipinski definition) is 6. The van der Waals surface area contributed by atoms with Crippen LogP contribution in [0.25, 0.3) is 0 Å². The van der Waals surface area contributed by atoms with Crippen molar-refractivity contribution in [1.29, 1.82) is 0 Å². The molecule has 134 valence electrons. The van der Waals surface area contributed by atoms with Crippen LogP contribution < -0.4 is 10.6 Å². The molecule has 0 saturated heterocycles. The molecule has 2 aromatic carbocycles. The molecule has 6 nitrogen and oxygen atoms in total. The zero-order valence-corrected chi connectivity index (χ0v) is 14.4. The van der Waals surface area contributed by atoms with E-state index in [9.17, 15) is 10.2 Å². The van der Waals surface area contributed by atoms with Gasteiger partial charge in [-0.15, -0.1) is 0 Å². The highest BCUT2D eigenvalue weighted by Crippen LogP contribution is 2.12. The summed E-state index contributed by atoms with van der Waals surface area (Å²) in [6.45, 7) is 1.45. The van der Waals surface area contributed by atoms with E-state index in [0.717, 1.165) is 36.3 Å². The monoisotopic (exact) mass is 350 g/mol. The van der Waals surface area contributed by atoms with Gasteiger partial charge in [0.25, 0.3) is 0 Å². The van der Waals surface area contributed by atoms with Gasteiger partial charge in [0.05, 0.1) is 0 Å². The summed E-state index contributed by atoms with van der Waals surface area (Å²) in [4.78, 5) is 8.68. The summed E-state index contributed by atoms with van der Waals surface area (Å²) in [6.07, 6.45) is 3.38. The van der Waals surface area contributed by atoms with Crippen LogP contribution in [0.1, 0.15) is 11.1 Å². The van der Waals surface area contributed by atoms with Crippen LogP contribution >= 0.6 is 0 Å². The normalized spacial score (nSPS) is 10.5. The third-order valence-corrected chi connectivity index (χ3v) is 3.94. The second kappa shape index (κ2) is 8.71. The maximum absolute atomic E-state index is 9.30. The van der Waals surface area contributed by atoms with Crippen molar-refractivity contribution in [2.24, 2.45) is 0 Å². The second-order valence-electron chi connectivity index (χ2n) is 5.95. The zero-order chi connectivity index (χ0) is 18.2. The van der Waals surface area contributed by atoms with Gasteiger partial charge in [0, 0.05) is 19.3 Å². The van der Waals surface area contributed by atoms with E-state index in [-0.39, 0.29) is 11.5 Å². The molecule has 0 saturated carbocycles. The predicted molar refractivity (Wildman–Crippen MR) is 103 cm³/mol. The van der Waals surface area contributed by atoms with Gasteiger partial charge in [-0.1, -0.05) is 24.3 Å². The Bertz CT molecular complexity index is 753. The number of phenols is 2. The van der Waals surface area contributed by atoms with E-state index >= 15 is 0 Å². The number of nitrogens with one attached hydrogen (secondary N) is 2. The molecular weight excluding hydrogens is 328 g/mol. The number of anilines is 2.